The highest BCUT2D eigenvalue weighted by Gasteiger charge is 2.46. The second-order valence-corrected chi connectivity index (χ2v) is 2.68. The van der Waals surface area contributed by atoms with Crippen molar-refractivity contribution in [3.63, 3.8) is 0 Å². The van der Waals surface area contributed by atoms with Crippen LogP contribution in [0.3, 0.4) is 0 Å². The Hall–Kier alpha value is -0.610. The highest BCUT2D eigenvalue weighted by atomic mass is 16.5. The maximum absolute atomic E-state index is 10.9. The van der Waals surface area contributed by atoms with Crippen LogP contribution in [0.2, 0.25) is 0 Å². The summed E-state index contributed by atoms with van der Waals surface area (Å²) in [6.45, 7) is 1.13. The minimum Gasteiger partial charge on any atom is -0.356 e. The lowest BCUT2D eigenvalue weighted by molar-refractivity contribution is -0.157. The molecule has 0 aromatic heterocycles. The van der Waals surface area contributed by atoms with Crippen LogP contribution in [-0.2, 0) is 9.53 Å². The van der Waals surface area contributed by atoms with Crippen LogP contribution in [0.25, 0.3) is 0 Å². The second-order valence-electron chi connectivity index (χ2n) is 2.68. The van der Waals surface area contributed by atoms with Gasteiger partial charge in [-0.3, -0.25) is 4.79 Å². The molecular weight excluding hydrogens is 132 g/mol. The largest absolute Gasteiger partial charge is 0.356 e. The molecule has 4 nitrogen and oxygen atoms in total. The third-order valence-electron chi connectivity index (χ3n) is 2.09. The molecule has 2 saturated heterocycles. The lowest BCUT2D eigenvalue weighted by Gasteiger charge is -2.35. The van der Waals surface area contributed by atoms with Crippen molar-refractivity contribution in [1.82, 2.24) is 4.90 Å². The monoisotopic (exact) mass is 142 g/mol. The Morgan fingerprint density at radius 3 is 3.10 bits per heavy atom. The first-order valence-electron chi connectivity index (χ1n) is 3.46. The van der Waals surface area contributed by atoms with Gasteiger partial charge in [0.1, 0.15) is 6.23 Å². The number of ether oxygens (including phenoxy) is 1. The summed E-state index contributed by atoms with van der Waals surface area (Å²) < 4.78 is 5.25. The third-order valence-corrected chi connectivity index (χ3v) is 2.09. The Labute approximate surface area is 58.9 Å². The lowest BCUT2D eigenvalue weighted by atomic mass is 10.1. The van der Waals surface area contributed by atoms with Crippen LogP contribution >= 0.6 is 0 Å². The number of amides is 1. The summed E-state index contributed by atoms with van der Waals surface area (Å²) in [5, 5.41) is 0. The molecule has 2 atom stereocenters. The van der Waals surface area contributed by atoms with Crippen LogP contribution in [0.15, 0.2) is 0 Å². The first-order chi connectivity index (χ1) is 4.83. The van der Waals surface area contributed by atoms with Crippen LogP contribution in [0.1, 0.15) is 6.42 Å². The molecular formula is C6H10N2O2. The number of β-lactam (4-membered cyclic amide) rings is 1. The predicted molar refractivity (Wildman–Crippen MR) is 34.0 cm³/mol. The molecule has 10 heavy (non-hydrogen) atoms. The van der Waals surface area contributed by atoms with Crippen LogP contribution in [0.4, 0.5) is 0 Å². The van der Waals surface area contributed by atoms with Gasteiger partial charge >= 0.3 is 0 Å². The minimum atomic E-state index is 0.0565. The molecule has 2 unspecified atom stereocenters. The van der Waals surface area contributed by atoms with Crippen molar-refractivity contribution in [2.75, 3.05) is 13.2 Å². The Balaban J connectivity index is 2.07. The van der Waals surface area contributed by atoms with Gasteiger partial charge in [-0.1, -0.05) is 0 Å². The molecule has 2 rings (SSSR count). The van der Waals surface area contributed by atoms with Gasteiger partial charge in [-0.2, -0.15) is 0 Å². The normalized spacial score (nSPS) is 37.7. The highest BCUT2D eigenvalue weighted by molar-refractivity contribution is 5.83. The van der Waals surface area contributed by atoms with Crippen molar-refractivity contribution in [2.24, 2.45) is 5.73 Å². The number of nitrogens with two attached hydrogens (primary N) is 1. The molecule has 0 saturated carbocycles. The molecule has 56 valence electrons. The first-order valence-corrected chi connectivity index (χ1v) is 3.46. The Kier molecular flexibility index (Phi) is 1.18. The van der Waals surface area contributed by atoms with E-state index in [4.69, 9.17) is 10.5 Å². The van der Waals surface area contributed by atoms with Gasteiger partial charge in [0.2, 0.25) is 5.91 Å². The summed E-state index contributed by atoms with van der Waals surface area (Å²) >= 11 is 0. The Bertz CT molecular complexity index is 171. The van der Waals surface area contributed by atoms with Gasteiger partial charge in [0.15, 0.2) is 0 Å². The zero-order valence-corrected chi connectivity index (χ0v) is 5.62. The zero-order chi connectivity index (χ0) is 7.14. The summed E-state index contributed by atoms with van der Waals surface area (Å²) in [6, 6.07) is 0.145. The summed E-state index contributed by atoms with van der Waals surface area (Å²) in [4.78, 5) is 12.6. The van der Waals surface area contributed by atoms with Gasteiger partial charge in [-0.15, -0.1) is 0 Å². The van der Waals surface area contributed by atoms with E-state index in [0.29, 0.717) is 19.6 Å². The van der Waals surface area contributed by atoms with Crippen LogP contribution in [0, 0.1) is 0 Å². The third kappa shape index (κ3) is 0.602. The zero-order valence-electron chi connectivity index (χ0n) is 5.62. The van der Waals surface area contributed by atoms with E-state index in [0.717, 1.165) is 0 Å². The number of rotatable bonds is 1. The van der Waals surface area contributed by atoms with E-state index in [1.54, 1.807) is 4.90 Å². The molecule has 2 aliphatic heterocycles. The number of nitrogens with zero attached hydrogens (tertiary/aromatic N) is 1. The van der Waals surface area contributed by atoms with Crippen molar-refractivity contribution in [1.29, 1.82) is 0 Å². The lowest BCUT2D eigenvalue weighted by Crippen LogP contribution is -2.54. The van der Waals surface area contributed by atoms with E-state index in [1.807, 2.05) is 0 Å². The van der Waals surface area contributed by atoms with E-state index in [-0.39, 0.29) is 18.2 Å². The molecule has 2 N–H and O–H groups in total. The van der Waals surface area contributed by atoms with Crippen LogP contribution in [0.5, 0.6) is 0 Å². The maximum atomic E-state index is 10.9. The van der Waals surface area contributed by atoms with Crippen molar-refractivity contribution in [3.8, 4) is 0 Å². The smallest absolute Gasteiger partial charge is 0.229 e. The van der Waals surface area contributed by atoms with E-state index in [1.165, 1.54) is 0 Å². The minimum absolute atomic E-state index is 0.0565. The van der Waals surface area contributed by atoms with E-state index in [9.17, 15) is 4.79 Å². The molecule has 0 spiro atoms. The van der Waals surface area contributed by atoms with Gasteiger partial charge in [0.05, 0.1) is 19.1 Å². The van der Waals surface area contributed by atoms with Crippen molar-refractivity contribution < 1.29 is 9.53 Å². The average Bonchev–Trinajstić information content (AvgIpc) is 2.25. The Morgan fingerprint density at radius 1 is 1.80 bits per heavy atom. The second kappa shape index (κ2) is 1.93. The molecule has 2 aliphatic rings. The molecule has 2 fully saturated rings. The molecule has 0 aromatic rings. The Morgan fingerprint density at radius 2 is 2.60 bits per heavy atom. The molecule has 2 heterocycles. The number of carbonyl (C=O) groups excluding carboxylic acids is 1. The summed E-state index contributed by atoms with van der Waals surface area (Å²) in [5.74, 6) is 0.179. The van der Waals surface area contributed by atoms with E-state index in [2.05, 4.69) is 0 Å². The molecule has 0 bridgehead atoms. The quantitative estimate of drug-likeness (QED) is 0.473. The van der Waals surface area contributed by atoms with E-state index >= 15 is 0 Å². The molecule has 0 radical (unpaired) electrons. The van der Waals surface area contributed by atoms with Crippen molar-refractivity contribution in [3.05, 3.63) is 0 Å². The molecule has 0 aromatic carbocycles. The molecule has 4 heteroatoms. The fourth-order valence-corrected chi connectivity index (χ4v) is 1.46. The van der Waals surface area contributed by atoms with Gasteiger partial charge in [-0.05, 0) is 0 Å². The summed E-state index contributed by atoms with van der Waals surface area (Å²) in [5.41, 5.74) is 5.41. The summed E-state index contributed by atoms with van der Waals surface area (Å²) in [6.07, 6.45) is 0.609. The number of hydrogen-bond donors (Lipinski definition) is 1. The van der Waals surface area contributed by atoms with Crippen molar-refractivity contribution in [2.45, 2.75) is 18.7 Å². The molecule has 0 aliphatic carbocycles. The van der Waals surface area contributed by atoms with Gasteiger partial charge in [0, 0.05) is 6.54 Å². The fraction of sp³-hybridized carbons (Fsp3) is 0.833. The van der Waals surface area contributed by atoms with Gasteiger partial charge < -0.3 is 15.4 Å². The molecule has 1 amide bonds. The highest BCUT2D eigenvalue weighted by Crippen LogP contribution is 2.28. The summed E-state index contributed by atoms with van der Waals surface area (Å²) in [7, 11) is 0. The topological polar surface area (TPSA) is 55.6 Å². The maximum Gasteiger partial charge on any atom is 0.229 e. The van der Waals surface area contributed by atoms with Gasteiger partial charge in [-0.25, -0.2) is 0 Å². The van der Waals surface area contributed by atoms with Crippen LogP contribution < -0.4 is 5.73 Å². The van der Waals surface area contributed by atoms with E-state index < -0.39 is 0 Å². The predicted octanol–water partition coefficient (Wildman–Crippen LogP) is -1.10. The van der Waals surface area contributed by atoms with Crippen molar-refractivity contribution >= 4 is 5.91 Å². The standard InChI is InChI=1S/C6H10N2O2/c7-2-4-3-10-6-1-5(9)8(4)6/h4,6H,1-3,7H2. The van der Waals surface area contributed by atoms with Crippen LogP contribution in [-0.4, -0.2) is 36.2 Å². The number of hydrogen-bond acceptors (Lipinski definition) is 3. The average molecular weight is 142 g/mol. The number of carbonyl (C=O) groups is 1. The fourth-order valence-electron chi connectivity index (χ4n) is 1.46. The van der Waals surface area contributed by atoms with Gasteiger partial charge in [0.25, 0.3) is 0 Å². The first kappa shape index (κ1) is 6.12. The SMILES string of the molecule is NCC1COC2CC(=O)N12. The number of fused-ring (bicyclic) bond motifs is 1.